The molecule has 1 amide bonds. The Morgan fingerprint density at radius 3 is 2.42 bits per heavy atom. The van der Waals surface area contributed by atoms with Crippen molar-refractivity contribution < 1.29 is 19.0 Å². The molecule has 0 radical (unpaired) electrons. The standard InChI is InChI=1S/C25H26N4O4/c1-31-18-4-6-20-22(12-18)27-15-17(14-26)24(20)29-10-8-16(9-11-29)25(30)28-21-7-5-19(32-2)13-23(21)33-3/h4-7,12-13,15-16H,8-11H2,1-3H3,(H,28,30). The van der Waals surface area contributed by atoms with Gasteiger partial charge in [-0.05, 0) is 37.1 Å². The molecule has 1 aliphatic rings. The van der Waals surface area contributed by atoms with Crippen LogP contribution in [-0.4, -0.2) is 45.3 Å². The molecule has 0 atom stereocenters. The van der Waals surface area contributed by atoms with Crippen LogP contribution in [0, 0.1) is 17.2 Å². The molecule has 2 aromatic carbocycles. The number of ether oxygens (including phenoxy) is 3. The molecule has 0 bridgehead atoms. The largest absolute Gasteiger partial charge is 0.497 e. The predicted octanol–water partition coefficient (Wildman–Crippen LogP) is 3.99. The van der Waals surface area contributed by atoms with Gasteiger partial charge in [0.05, 0.1) is 43.8 Å². The number of rotatable bonds is 6. The van der Waals surface area contributed by atoms with Crippen molar-refractivity contribution in [1.29, 1.82) is 5.26 Å². The van der Waals surface area contributed by atoms with Gasteiger partial charge in [-0.2, -0.15) is 5.26 Å². The first-order valence-electron chi connectivity index (χ1n) is 10.7. The zero-order valence-electron chi connectivity index (χ0n) is 18.9. The maximum atomic E-state index is 12.9. The highest BCUT2D eigenvalue weighted by atomic mass is 16.5. The molecule has 1 aromatic heterocycles. The monoisotopic (exact) mass is 446 g/mol. The van der Waals surface area contributed by atoms with Crippen LogP contribution in [0.3, 0.4) is 0 Å². The number of methoxy groups -OCH3 is 3. The molecular weight excluding hydrogens is 420 g/mol. The Bertz CT molecular complexity index is 1210. The van der Waals surface area contributed by atoms with E-state index < -0.39 is 0 Å². The smallest absolute Gasteiger partial charge is 0.227 e. The van der Waals surface area contributed by atoms with Gasteiger partial charge in [-0.1, -0.05) is 0 Å². The second kappa shape index (κ2) is 9.65. The van der Waals surface area contributed by atoms with Crippen LogP contribution in [0.4, 0.5) is 11.4 Å². The number of benzene rings is 2. The van der Waals surface area contributed by atoms with Crippen molar-refractivity contribution in [3.8, 4) is 23.3 Å². The maximum absolute atomic E-state index is 12.9. The number of carbonyl (C=O) groups is 1. The molecule has 1 N–H and O–H groups in total. The minimum Gasteiger partial charge on any atom is -0.497 e. The number of nitrogens with one attached hydrogen (secondary N) is 1. The number of hydrogen-bond acceptors (Lipinski definition) is 7. The van der Waals surface area contributed by atoms with Crippen molar-refractivity contribution in [2.24, 2.45) is 5.92 Å². The van der Waals surface area contributed by atoms with Crippen molar-refractivity contribution in [2.45, 2.75) is 12.8 Å². The van der Waals surface area contributed by atoms with Crippen molar-refractivity contribution >= 4 is 28.2 Å². The Kier molecular flexibility index (Phi) is 6.50. The third-order valence-electron chi connectivity index (χ3n) is 6.02. The van der Waals surface area contributed by atoms with E-state index in [0.717, 1.165) is 22.3 Å². The third-order valence-corrected chi connectivity index (χ3v) is 6.02. The van der Waals surface area contributed by atoms with Crippen LogP contribution in [0.15, 0.2) is 42.6 Å². The lowest BCUT2D eigenvalue weighted by Crippen LogP contribution is -2.38. The molecular formula is C25H26N4O4. The van der Waals surface area contributed by atoms with Crippen molar-refractivity contribution in [1.82, 2.24) is 4.98 Å². The summed E-state index contributed by atoms with van der Waals surface area (Å²) in [5.74, 6) is 1.76. The Morgan fingerprint density at radius 1 is 1.06 bits per heavy atom. The van der Waals surface area contributed by atoms with Crippen LogP contribution in [-0.2, 0) is 4.79 Å². The van der Waals surface area contributed by atoms with E-state index in [9.17, 15) is 10.1 Å². The van der Waals surface area contributed by atoms with Crippen molar-refractivity contribution in [2.75, 3.05) is 44.6 Å². The molecule has 33 heavy (non-hydrogen) atoms. The lowest BCUT2D eigenvalue weighted by Gasteiger charge is -2.34. The van der Waals surface area contributed by atoms with Crippen LogP contribution in [0.1, 0.15) is 18.4 Å². The number of anilines is 2. The van der Waals surface area contributed by atoms with Gasteiger partial charge in [0.15, 0.2) is 0 Å². The number of nitriles is 1. The summed E-state index contributed by atoms with van der Waals surface area (Å²) in [6.07, 6.45) is 2.95. The summed E-state index contributed by atoms with van der Waals surface area (Å²) in [5.41, 5.74) is 2.78. The number of piperidine rings is 1. The van der Waals surface area contributed by atoms with E-state index in [-0.39, 0.29) is 11.8 Å². The summed E-state index contributed by atoms with van der Waals surface area (Å²) in [6.45, 7) is 1.33. The maximum Gasteiger partial charge on any atom is 0.227 e. The van der Waals surface area contributed by atoms with E-state index in [1.54, 1.807) is 45.7 Å². The Hall–Kier alpha value is -3.99. The van der Waals surface area contributed by atoms with Crippen molar-refractivity contribution in [3.63, 3.8) is 0 Å². The number of amides is 1. The number of fused-ring (bicyclic) bond motifs is 1. The zero-order valence-corrected chi connectivity index (χ0v) is 18.9. The van der Waals surface area contributed by atoms with Gasteiger partial charge in [0.1, 0.15) is 23.3 Å². The summed E-state index contributed by atoms with van der Waals surface area (Å²) in [7, 11) is 4.76. The molecule has 1 aliphatic heterocycles. The van der Waals surface area contributed by atoms with Gasteiger partial charge in [-0.15, -0.1) is 0 Å². The van der Waals surface area contributed by atoms with Gasteiger partial charge in [-0.3, -0.25) is 9.78 Å². The van der Waals surface area contributed by atoms with Gasteiger partial charge >= 0.3 is 0 Å². The molecule has 0 unspecified atom stereocenters. The third kappa shape index (κ3) is 4.48. The normalized spacial score (nSPS) is 13.9. The zero-order chi connectivity index (χ0) is 23.4. The van der Waals surface area contributed by atoms with Gasteiger partial charge in [0.2, 0.25) is 5.91 Å². The molecule has 2 heterocycles. The molecule has 1 fully saturated rings. The second-order valence-corrected chi connectivity index (χ2v) is 7.83. The lowest BCUT2D eigenvalue weighted by molar-refractivity contribution is -0.120. The molecule has 4 rings (SSSR count). The van der Waals surface area contributed by atoms with Crippen LogP contribution in [0.5, 0.6) is 17.2 Å². The number of pyridine rings is 1. The Morgan fingerprint density at radius 2 is 1.76 bits per heavy atom. The van der Waals surface area contributed by atoms with Gasteiger partial charge in [0, 0.05) is 42.7 Å². The highest BCUT2D eigenvalue weighted by Crippen LogP contribution is 2.35. The SMILES string of the molecule is COc1ccc(NC(=O)C2CCN(c3c(C#N)cnc4cc(OC)ccc34)CC2)c(OC)c1. The van der Waals surface area contributed by atoms with E-state index in [4.69, 9.17) is 14.2 Å². The molecule has 0 saturated carbocycles. The molecule has 3 aromatic rings. The van der Waals surface area contributed by atoms with Gasteiger partial charge in [0.25, 0.3) is 0 Å². The molecule has 8 heteroatoms. The Labute approximate surface area is 192 Å². The van der Waals surface area contributed by atoms with Gasteiger partial charge < -0.3 is 24.4 Å². The molecule has 170 valence electrons. The average molecular weight is 447 g/mol. The summed E-state index contributed by atoms with van der Waals surface area (Å²) < 4.78 is 15.9. The molecule has 0 aliphatic carbocycles. The first-order valence-corrected chi connectivity index (χ1v) is 10.7. The fourth-order valence-corrected chi connectivity index (χ4v) is 4.21. The van der Waals surface area contributed by atoms with Crippen LogP contribution in [0.25, 0.3) is 10.9 Å². The summed E-state index contributed by atoms with van der Waals surface area (Å²) in [4.78, 5) is 19.5. The minimum absolute atomic E-state index is 0.0389. The van der Waals surface area contributed by atoms with Gasteiger partial charge in [-0.25, -0.2) is 0 Å². The summed E-state index contributed by atoms with van der Waals surface area (Å²) >= 11 is 0. The van der Waals surface area contributed by atoms with E-state index >= 15 is 0 Å². The highest BCUT2D eigenvalue weighted by Gasteiger charge is 2.28. The predicted molar refractivity (Wildman–Crippen MR) is 126 cm³/mol. The van der Waals surface area contributed by atoms with E-state index in [0.29, 0.717) is 48.7 Å². The average Bonchev–Trinajstić information content (AvgIpc) is 2.87. The van der Waals surface area contributed by atoms with Crippen LogP contribution < -0.4 is 24.4 Å². The van der Waals surface area contributed by atoms with Crippen molar-refractivity contribution in [3.05, 3.63) is 48.2 Å². The number of nitrogens with zero attached hydrogens (tertiary/aromatic N) is 3. The summed E-state index contributed by atoms with van der Waals surface area (Å²) in [5, 5.41) is 13.6. The van der Waals surface area contributed by atoms with E-state index in [2.05, 4.69) is 21.3 Å². The molecule has 1 saturated heterocycles. The van der Waals surface area contributed by atoms with E-state index in [1.807, 2.05) is 18.2 Å². The number of hydrogen-bond donors (Lipinski definition) is 1. The number of aromatic nitrogens is 1. The highest BCUT2D eigenvalue weighted by molar-refractivity contribution is 5.96. The number of carbonyl (C=O) groups excluding carboxylic acids is 1. The first-order chi connectivity index (χ1) is 16.1. The first kappa shape index (κ1) is 22.2. The Balaban J connectivity index is 1.50. The second-order valence-electron chi connectivity index (χ2n) is 7.83. The van der Waals surface area contributed by atoms with Crippen LogP contribution >= 0.6 is 0 Å². The van der Waals surface area contributed by atoms with E-state index in [1.165, 1.54) is 0 Å². The molecule has 8 nitrogen and oxygen atoms in total. The lowest BCUT2D eigenvalue weighted by atomic mass is 9.94. The fraction of sp³-hybridized carbons (Fsp3) is 0.320. The summed E-state index contributed by atoms with van der Waals surface area (Å²) in [6, 6.07) is 13.2. The fourth-order valence-electron chi connectivity index (χ4n) is 4.21. The minimum atomic E-state index is -0.133. The topological polar surface area (TPSA) is 96.7 Å². The quantitative estimate of drug-likeness (QED) is 0.612. The molecule has 0 spiro atoms. The van der Waals surface area contributed by atoms with Crippen LogP contribution in [0.2, 0.25) is 0 Å².